The maximum atomic E-state index is 11.5. The number of rotatable bonds is 2. The van der Waals surface area contributed by atoms with Crippen molar-refractivity contribution in [2.24, 2.45) is 0 Å². The molecule has 19 heavy (non-hydrogen) atoms. The molecule has 3 nitrogen and oxygen atoms in total. The number of halogens is 1. The van der Waals surface area contributed by atoms with Crippen LogP contribution in [0.1, 0.15) is 5.56 Å². The minimum absolute atomic E-state index is 0.239. The molecule has 96 valence electrons. The number of nitriles is 1. The molecular weight excluding hydrogens is 282 g/mol. The van der Waals surface area contributed by atoms with E-state index >= 15 is 0 Å². The Balaban J connectivity index is 2.60. The van der Waals surface area contributed by atoms with Crippen molar-refractivity contribution in [2.75, 3.05) is 6.26 Å². The molecule has 0 spiro atoms. The van der Waals surface area contributed by atoms with Crippen LogP contribution < -0.4 is 0 Å². The maximum Gasteiger partial charge on any atom is 0.175 e. The van der Waals surface area contributed by atoms with Crippen molar-refractivity contribution in [3.05, 3.63) is 53.1 Å². The van der Waals surface area contributed by atoms with Gasteiger partial charge in [-0.15, -0.1) is 0 Å². The Kier molecular flexibility index (Phi) is 3.61. The van der Waals surface area contributed by atoms with Crippen molar-refractivity contribution >= 4 is 21.4 Å². The summed E-state index contributed by atoms with van der Waals surface area (Å²) in [4.78, 5) is 0.239. The highest BCUT2D eigenvalue weighted by molar-refractivity contribution is 7.90. The average Bonchev–Trinajstić information content (AvgIpc) is 2.37. The number of benzene rings is 2. The van der Waals surface area contributed by atoms with E-state index < -0.39 is 9.84 Å². The quantitative estimate of drug-likeness (QED) is 0.853. The molecule has 2 aromatic carbocycles. The van der Waals surface area contributed by atoms with Crippen molar-refractivity contribution in [2.45, 2.75) is 4.90 Å². The third kappa shape index (κ3) is 3.14. The first kappa shape index (κ1) is 13.6. The Bertz CT molecular complexity index is 776. The summed E-state index contributed by atoms with van der Waals surface area (Å²) in [6.45, 7) is 0. The number of nitrogens with zero attached hydrogens (tertiary/aromatic N) is 1. The third-order valence-electron chi connectivity index (χ3n) is 2.62. The van der Waals surface area contributed by atoms with E-state index in [4.69, 9.17) is 16.9 Å². The first-order valence-corrected chi connectivity index (χ1v) is 7.68. The molecule has 0 aromatic heterocycles. The minimum atomic E-state index is -3.26. The van der Waals surface area contributed by atoms with E-state index in [2.05, 4.69) is 0 Å². The molecule has 0 aliphatic rings. The normalized spacial score (nSPS) is 11.0. The molecule has 0 bridgehead atoms. The summed E-state index contributed by atoms with van der Waals surface area (Å²) >= 11 is 5.94. The fraction of sp³-hybridized carbons (Fsp3) is 0.0714. The Hall–Kier alpha value is -1.83. The van der Waals surface area contributed by atoms with Gasteiger partial charge in [0.2, 0.25) is 0 Å². The molecule has 0 fully saturated rings. The SMILES string of the molecule is CS(=O)(=O)c1cccc(-c2cc(Cl)cc(C#N)c2)c1. The molecule has 0 unspecified atom stereocenters. The average molecular weight is 292 g/mol. The minimum Gasteiger partial charge on any atom is -0.224 e. The lowest BCUT2D eigenvalue weighted by Gasteiger charge is -2.05. The lowest BCUT2D eigenvalue weighted by Crippen LogP contribution is -1.96. The lowest BCUT2D eigenvalue weighted by atomic mass is 10.0. The maximum absolute atomic E-state index is 11.5. The van der Waals surface area contributed by atoms with Crippen LogP contribution in [0.4, 0.5) is 0 Å². The van der Waals surface area contributed by atoms with Crippen LogP contribution in [-0.4, -0.2) is 14.7 Å². The standard InChI is InChI=1S/C14H10ClNO2S/c1-19(17,18)14-4-2-3-11(8-14)12-5-10(9-16)6-13(15)7-12/h2-8H,1H3. The summed E-state index contributed by atoms with van der Waals surface area (Å²) in [6.07, 6.45) is 1.16. The van der Waals surface area contributed by atoms with Crippen LogP contribution in [0.15, 0.2) is 47.4 Å². The fourth-order valence-corrected chi connectivity index (χ4v) is 2.63. The molecule has 0 saturated carbocycles. The molecule has 2 aromatic rings. The molecule has 5 heteroatoms. The van der Waals surface area contributed by atoms with Crippen LogP contribution in [0, 0.1) is 11.3 Å². The number of hydrogen-bond acceptors (Lipinski definition) is 3. The molecule has 0 heterocycles. The molecule has 0 saturated heterocycles. The zero-order valence-electron chi connectivity index (χ0n) is 10.1. The summed E-state index contributed by atoms with van der Waals surface area (Å²) in [5.74, 6) is 0. The summed E-state index contributed by atoms with van der Waals surface area (Å²) in [6, 6.07) is 13.5. The second-order valence-corrected chi connectivity index (χ2v) is 6.59. The molecule has 0 radical (unpaired) electrons. The van der Waals surface area contributed by atoms with Gasteiger partial charge >= 0.3 is 0 Å². The molecule has 0 aliphatic carbocycles. The van der Waals surface area contributed by atoms with Crippen LogP contribution in [0.5, 0.6) is 0 Å². The first-order chi connectivity index (χ1) is 8.90. The van der Waals surface area contributed by atoms with Gasteiger partial charge in [-0.2, -0.15) is 5.26 Å². The second kappa shape index (κ2) is 5.04. The van der Waals surface area contributed by atoms with Crippen molar-refractivity contribution in [3.8, 4) is 17.2 Å². The third-order valence-corrected chi connectivity index (χ3v) is 3.95. The Morgan fingerprint density at radius 1 is 1.11 bits per heavy atom. The van der Waals surface area contributed by atoms with Crippen molar-refractivity contribution in [1.82, 2.24) is 0 Å². The largest absolute Gasteiger partial charge is 0.224 e. The van der Waals surface area contributed by atoms with Gasteiger partial charge in [0.25, 0.3) is 0 Å². The molecule has 2 rings (SSSR count). The monoisotopic (exact) mass is 291 g/mol. The topological polar surface area (TPSA) is 57.9 Å². The lowest BCUT2D eigenvalue weighted by molar-refractivity contribution is 0.602. The molecule has 0 aliphatic heterocycles. The second-order valence-electron chi connectivity index (χ2n) is 4.14. The van der Waals surface area contributed by atoms with E-state index in [1.165, 1.54) is 6.07 Å². The van der Waals surface area contributed by atoms with Gasteiger partial charge in [-0.1, -0.05) is 23.7 Å². The highest BCUT2D eigenvalue weighted by atomic mass is 35.5. The van der Waals surface area contributed by atoms with E-state index in [1.54, 1.807) is 36.4 Å². The fourth-order valence-electron chi connectivity index (χ4n) is 1.73. The summed E-state index contributed by atoms with van der Waals surface area (Å²) < 4.78 is 23.1. The van der Waals surface area contributed by atoms with Crippen molar-refractivity contribution < 1.29 is 8.42 Å². The first-order valence-electron chi connectivity index (χ1n) is 5.41. The van der Waals surface area contributed by atoms with Crippen molar-refractivity contribution in [3.63, 3.8) is 0 Å². The van der Waals surface area contributed by atoms with Gasteiger partial charge in [-0.25, -0.2) is 8.42 Å². The summed E-state index contributed by atoms with van der Waals surface area (Å²) in [5, 5.41) is 9.36. The van der Waals surface area contributed by atoms with Crippen LogP contribution in [0.25, 0.3) is 11.1 Å². The highest BCUT2D eigenvalue weighted by Gasteiger charge is 2.09. The van der Waals surface area contributed by atoms with Crippen LogP contribution in [-0.2, 0) is 9.84 Å². The van der Waals surface area contributed by atoms with Crippen LogP contribution in [0.3, 0.4) is 0 Å². The zero-order valence-corrected chi connectivity index (χ0v) is 11.7. The van der Waals surface area contributed by atoms with Gasteiger partial charge in [-0.05, 0) is 41.5 Å². The van der Waals surface area contributed by atoms with E-state index in [1.807, 2.05) is 6.07 Å². The van der Waals surface area contributed by atoms with E-state index in [9.17, 15) is 8.42 Å². The van der Waals surface area contributed by atoms with Crippen LogP contribution in [0.2, 0.25) is 5.02 Å². The highest BCUT2D eigenvalue weighted by Crippen LogP contribution is 2.26. The van der Waals surface area contributed by atoms with Gasteiger partial charge < -0.3 is 0 Å². The smallest absolute Gasteiger partial charge is 0.175 e. The predicted molar refractivity (Wildman–Crippen MR) is 74.7 cm³/mol. The predicted octanol–water partition coefficient (Wildman–Crippen LogP) is 3.28. The van der Waals surface area contributed by atoms with E-state index in [-0.39, 0.29) is 4.90 Å². The molecule has 0 atom stereocenters. The van der Waals surface area contributed by atoms with Gasteiger partial charge in [0, 0.05) is 11.3 Å². The summed E-state index contributed by atoms with van der Waals surface area (Å²) in [5.41, 5.74) is 1.86. The Labute approximate surface area is 117 Å². The Morgan fingerprint density at radius 2 is 1.84 bits per heavy atom. The van der Waals surface area contributed by atoms with E-state index in [0.29, 0.717) is 16.1 Å². The van der Waals surface area contributed by atoms with Gasteiger partial charge in [0.05, 0.1) is 16.5 Å². The van der Waals surface area contributed by atoms with Crippen molar-refractivity contribution in [1.29, 1.82) is 5.26 Å². The van der Waals surface area contributed by atoms with Gasteiger partial charge in [0.1, 0.15) is 0 Å². The van der Waals surface area contributed by atoms with E-state index in [0.717, 1.165) is 11.8 Å². The Morgan fingerprint density at radius 3 is 2.47 bits per heavy atom. The van der Waals surface area contributed by atoms with Gasteiger partial charge in [-0.3, -0.25) is 0 Å². The molecule has 0 amide bonds. The molecule has 0 N–H and O–H groups in total. The number of hydrogen-bond donors (Lipinski definition) is 0. The summed E-state index contributed by atoms with van der Waals surface area (Å²) in [7, 11) is -3.26. The number of sulfone groups is 1. The molecular formula is C14H10ClNO2S. The zero-order chi connectivity index (χ0) is 14.0. The van der Waals surface area contributed by atoms with Crippen LogP contribution >= 0.6 is 11.6 Å². The van der Waals surface area contributed by atoms with Gasteiger partial charge in [0.15, 0.2) is 9.84 Å².